The highest BCUT2D eigenvalue weighted by Gasteiger charge is 2.22. The van der Waals surface area contributed by atoms with Crippen LogP contribution in [0.2, 0.25) is 0 Å². The summed E-state index contributed by atoms with van der Waals surface area (Å²) in [7, 11) is 0. The number of amides is 1. The van der Waals surface area contributed by atoms with E-state index in [4.69, 9.17) is 9.47 Å². The molecule has 0 bridgehead atoms. The summed E-state index contributed by atoms with van der Waals surface area (Å²) in [5, 5.41) is 3.38. The second-order valence-electron chi connectivity index (χ2n) is 5.07. The maximum atomic E-state index is 12.4. The van der Waals surface area contributed by atoms with Gasteiger partial charge >= 0.3 is 0 Å². The molecule has 1 amide bonds. The maximum Gasteiger partial charge on any atom is 0.262 e. The number of rotatable bonds is 4. The molecule has 2 aromatic heterocycles. The summed E-state index contributed by atoms with van der Waals surface area (Å²) < 4.78 is 11.1. The lowest BCUT2D eigenvalue weighted by atomic mass is 10.2. The Morgan fingerprint density at radius 3 is 3.05 bits per heavy atom. The molecule has 1 atom stereocenters. The number of thiazole rings is 1. The normalized spacial score (nSPS) is 17.5. The zero-order chi connectivity index (χ0) is 15.5. The van der Waals surface area contributed by atoms with Crippen molar-refractivity contribution in [2.75, 3.05) is 18.5 Å². The van der Waals surface area contributed by atoms with Gasteiger partial charge in [0.2, 0.25) is 5.88 Å². The maximum absolute atomic E-state index is 12.4. The third kappa shape index (κ3) is 3.26. The Bertz CT molecular complexity index is 661. The van der Waals surface area contributed by atoms with Crippen molar-refractivity contribution in [3.05, 3.63) is 34.5 Å². The van der Waals surface area contributed by atoms with Crippen LogP contribution in [0.3, 0.4) is 0 Å². The Balaban J connectivity index is 1.76. The third-order valence-corrected chi connectivity index (χ3v) is 4.42. The second-order valence-corrected chi connectivity index (χ2v) is 6.28. The molecule has 0 aromatic carbocycles. The lowest BCUT2D eigenvalue weighted by molar-refractivity contribution is 0.101. The number of carbonyl (C=O) groups is 1. The van der Waals surface area contributed by atoms with E-state index in [0.717, 1.165) is 17.0 Å². The summed E-state index contributed by atoms with van der Waals surface area (Å²) in [4.78, 5) is 22.0. The second kappa shape index (κ2) is 6.41. The number of carbonyl (C=O) groups excluding carboxylic acids is 1. The lowest BCUT2D eigenvalue weighted by Crippen LogP contribution is -2.20. The number of ether oxygens (including phenoxy) is 2. The zero-order valence-corrected chi connectivity index (χ0v) is 13.3. The molecule has 116 valence electrons. The topological polar surface area (TPSA) is 73.3 Å². The summed E-state index contributed by atoms with van der Waals surface area (Å²) in [6.07, 6.45) is 2.37. The quantitative estimate of drug-likeness (QED) is 0.937. The van der Waals surface area contributed by atoms with Crippen molar-refractivity contribution in [1.29, 1.82) is 0 Å². The van der Waals surface area contributed by atoms with Crippen LogP contribution in [0.4, 0.5) is 5.13 Å². The molecular weight excluding hydrogens is 302 g/mol. The van der Waals surface area contributed by atoms with Crippen LogP contribution in [-0.4, -0.2) is 35.2 Å². The van der Waals surface area contributed by atoms with Crippen molar-refractivity contribution in [1.82, 2.24) is 9.97 Å². The van der Waals surface area contributed by atoms with E-state index in [0.29, 0.717) is 29.8 Å². The Morgan fingerprint density at radius 2 is 2.36 bits per heavy atom. The lowest BCUT2D eigenvalue weighted by Gasteiger charge is -2.13. The summed E-state index contributed by atoms with van der Waals surface area (Å²) in [6.45, 7) is 5.10. The zero-order valence-electron chi connectivity index (χ0n) is 12.5. The van der Waals surface area contributed by atoms with Gasteiger partial charge in [0, 0.05) is 17.5 Å². The van der Waals surface area contributed by atoms with Crippen LogP contribution in [0, 0.1) is 13.8 Å². The SMILES string of the molecule is Cc1nc(NC(=O)c2cccnc2O[C@H]2CCOC2)sc1C. The molecule has 1 N–H and O–H groups in total. The smallest absolute Gasteiger partial charge is 0.262 e. The Morgan fingerprint density at radius 1 is 1.50 bits per heavy atom. The first-order valence-corrected chi connectivity index (χ1v) is 7.90. The number of nitrogens with zero attached hydrogens (tertiary/aromatic N) is 2. The summed E-state index contributed by atoms with van der Waals surface area (Å²) >= 11 is 1.45. The average molecular weight is 319 g/mol. The van der Waals surface area contributed by atoms with Crippen LogP contribution in [-0.2, 0) is 4.74 Å². The van der Waals surface area contributed by atoms with Crippen LogP contribution in [0.15, 0.2) is 18.3 Å². The predicted molar refractivity (Wildman–Crippen MR) is 83.6 cm³/mol. The van der Waals surface area contributed by atoms with Crippen molar-refractivity contribution in [3.8, 4) is 5.88 Å². The van der Waals surface area contributed by atoms with Gasteiger partial charge in [-0.1, -0.05) is 0 Å². The van der Waals surface area contributed by atoms with Crippen molar-refractivity contribution < 1.29 is 14.3 Å². The van der Waals surface area contributed by atoms with E-state index in [1.807, 2.05) is 13.8 Å². The van der Waals surface area contributed by atoms with Crippen LogP contribution in [0.25, 0.3) is 0 Å². The van der Waals surface area contributed by atoms with Crippen LogP contribution in [0.5, 0.6) is 5.88 Å². The third-order valence-electron chi connectivity index (χ3n) is 3.43. The number of hydrogen-bond acceptors (Lipinski definition) is 6. The molecule has 6 nitrogen and oxygen atoms in total. The van der Waals surface area contributed by atoms with E-state index in [2.05, 4.69) is 15.3 Å². The monoisotopic (exact) mass is 319 g/mol. The molecule has 3 heterocycles. The molecule has 7 heteroatoms. The van der Waals surface area contributed by atoms with E-state index in [9.17, 15) is 4.79 Å². The fraction of sp³-hybridized carbons (Fsp3) is 0.400. The molecule has 3 rings (SSSR count). The van der Waals surface area contributed by atoms with Gasteiger partial charge in [-0.15, -0.1) is 11.3 Å². The first kappa shape index (κ1) is 14.9. The van der Waals surface area contributed by atoms with Gasteiger partial charge in [-0.05, 0) is 26.0 Å². The highest BCUT2D eigenvalue weighted by atomic mass is 32.1. The summed E-state index contributed by atoms with van der Waals surface area (Å²) in [5.41, 5.74) is 1.32. The molecule has 1 aliphatic heterocycles. The molecule has 1 saturated heterocycles. The molecule has 2 aromatic rings. The molecule has 22 heavy (non-hydrogen) atoms. The Kier molecular flexibility index (Phi) is 4.35. The van der Waals surface area contributed by atoms with Crippen molar-refractivity contribution in [3.63, 3.8) is 0 Å². The fourth-order valence-corrected chi connectivity index (χ4v) is 2.92. The minimum Gasteiger partial charge on any atom is -0.471 e. The highest BCUT2D eigenvalue weighted by molar-refractivity contribution is 7.15. The number of pyridine rings is 1. The highest BCUT2D eigenvalue weighted by Crippen LogP contribution is 2.24. The van der Waals surface area contributed by atoms with Gasteiger partial charge < -0.3 is 9.47 Å². The summed E-state index contributed by atoms with van der Waals surface area (Å²) in [6, 6.07) is 3.41. The molecule has 0 saturated carbocycles. The van der Waals surface area contributed by atoms with Crippen molar-refractivity contribution >= 4 is 22.4 Å². The van der Waals surface area contributed by atoms with Gasteiger partial charge in [0.05, 0.1) is 18.9 Å². The van der Waals surface area contributed by atoms with E-state index >= 15 is 0 Å². The first-order valence-electron chi connectivity index (χ1n) is 7.08. The van der Waals surface area contributed by atoms with E-state index in [1.54, 1.807) is 18.3 Å². The number of aryl methyl sites for hydroxylation is 2. The molecule has 1 aliphatic rings. The molecule has 1 fully saturated rings. The molecular formula is C15H17N3O3S. The summed E-state index contributed by atoms with van der Waals surface area (Å²) in [5.74, 6) is 0.0660. The van der Waals surface area contributed by atoms with E-state index in [-0.39, 0.29) is 12.0 Å². The molecule has 0 unspecified atom stereocenters. The van der Waals surface area contributed by atoms with Crippen molar-refractivity contribution in [2.24, 2.45) is 0 Å². The predicted octanol–water partition coefficient (Wildman–Crippen LogP) is 2.57. The van der Waals surface area contributed by atoms with Crippen LogP contribution in [0.1, 0.15) is 27.3 Å². The van der Waals surface area contributed by atoms with Gasteiger partial charge in [0.1, 0.15) is 11.7 Å². The molecule has 0 radical (unpaired) electrons. The molecule has 0 aliphatic carbocycles. The first-order chi connectivity index (χ1) is 10.6. The molecule has 0 spiro atoms. The largest absolute Gasteiger partial charge is 0.471 e. The standard InChI is InChI=1S/C15H17N3O3S/c1-9-10(2)22-15(17-9)18-13(19)12-4-3-6-16-14(12)21-11-5-7-20-8-11/h3-4,6,11H,5,7-8H2,1-2H3,(H,17,18,19)/t11-/m0/s1. The fourth-order valence-electron chi connectivity index (χ4n) is 2.11. The minimum absolute atomic E-state index is 0.0502. The van der Waals surface area contributed by atoms with Gasteiger partial charge in [-0.2, -0.15) is 0 Å². The van der Waals surface area contributed by atoms with Gasteiger partial charge in [0.15, 0.2) is 5.13 Å². The van der Waals surface area contributed by atoms with Gasteiger partial charge in [-0.25, -0.2) is 9.97 Å². The van der Waals surface area contributed by atoms with E-state index < -0.39 is 0 Å². The number of hydrogen-bond donors (Lipinski definition) is 1. The van der Waals surface area contributed by atoms with Crippen LogP contribution >= 0.6 is 11.3 Å². The van der Waals surface area contributed by atoms with Crippen molar-refractivity contribution in [2.45, 2.75) is 26.4 Å². The van der Waals surface area contributed by atoms with Gasteiger partial charge in [0.25, 0.3) is 5.91 Å². The number of nitrogens with one attached hydrogen (secondary N) is 1. The average Bonchev–Trinajstić information content (AvgIpc) is 3.10. The Labute approximate surface area is 132 Å². The number of aromatic nitrogens is 2. The Hall–Kier alpha value is -1.99. The van der Waals surface area contributed by atoms with E-state index in [1.165, 1.54) is 11.3 Å². The number of anilines is 1. The minimum atomic E-state index is -0.268. The van der Waals surface area contributed by atoms with Gasteiger partial charge in [-0.3, -0.25) is 10.1 Å². The van der Waals surface area contributed by atoms with Crippen LogP contribution < -0.4 is 10.1 Å².